The van der Waals surface area contributed by atoms with Gasteiger partial charge in [0, 0.05) is 6.04 Å². The smallest absolute Gasteiger partial charge is 0.0675 e. The van der Waals surface area contributed by atoms with Crippen LogP contribution in [-0.4, -0.2) is 0 Å². The van der Waals surface area contributed by atoms with Gasteiger partial charge in [-0.25, -0.2) is 0 Å². The van der Waals surface area contributed by atoms with Gasteiger partial charge < -0.3 is 5.73 Å². The van der Waals surface area contributed by atoms with Crippen LogP contribution in [0, 0.1) is 17.2 Å². The van der Waals surface area contributed by atoms with Gasteiger partial charge in [0.1, 0.15) is 0 Å². The molecule has 66 valence electrons. The standard InChI is InChI=1S/C11H12N2/c12-7-9-6-5-8-3-1-2-4-10(8)11(9)13/h1-4,9,11H,5-6,13H2/t9-,11-/m0/s1. The van der Waals surface area contributed by atoms with Gasteiger partial charge in [-0.1, -0.05) is 24.3 Å². The molecule has 0 aliphatic heterocycles. The zero-order valence-electron chi connectivity index (χ0n) is 7.40. The van der Waals surface area contributed by atoms with Gasteiger partial charge in [0.05, 0.1) is 12.0 Å². The third kappa shape index (κ3) is 1.32. The molecule has 0 fully saturated rings. The largest absolute Gasteiger partial charge is 0.323 e. The average molecular weight is 172 g/mol. The van der Waals surface area contributed by atoms with Crippen LogP contribution in [0.25, 0.3) is 0 Å². The fraction of sp³-hybridized carbons (Fsp3) is 0.364. The normalized spacial score (nSPS) is 26.2. The van der Waals surface area contributed by atoms with Gasteiger partial charge in [0.2, 0.25) is 0 Å². The zero-order chi connectivity index (χ0) is 9.26. The van der Waals surface area contributed by atoms with Crippen LogP contribution >= 0.6 is 0 Å². The number of nitrogens with two attached hydrogens (primary N) is 1. The minimum atomic E-state index is -0.0880. The molecule has 0 bridgehead atoms. The topological polar surface area (TPSA) is 49.8 Å². The van der Waals surface area contributed by atoms with E-state index in [2.05, 4.69) is 12.1 Å². The Morgan fingerprint density at radius 2 is 2.15 bits per heavy atom. The van der Waals surface area contributed by atoms with Gasteiger partial charge in [-0.05, 0) is 24.0 Å². The summed E-state index contributed by atoms with van der Waals surface area (Å²) in [6.45, 7) is 0. The van der Waals surface area contributed by atoms with Crippen molar-refractivity contribution in [2.24, 2.45) is 11.7 Å². The number of nitriles is 1. The fourth-order valence-corrected chi connectivity index (χ4v) is 1.94. The van der Waals surface area contributed by atoms with Crippen LogP contribution in [0.15, 0.2) is 24.3 Å². The van der Waals surface area contributed by atoms with Crippen molar-refractivity contribution in [1.29, 1.82) is 5.26 Å². The van der Waals surface area contributed by atoms with Crippen LogP contribution in [0.4, 0.5) is 0 Å². The molecule has 0 saturated carbocycles. The predicted octanol–water partition coefficient (Wildman–Crippen LogP) is 1.77. The van der Waals surface area contributed by atoms with Crippen LogP contribution in [0.1, 0.15) is 23.6 Å². The van der Waals surface area contributed by atoms with Gasteiger partial charge in [-0.15, -0.1) is 0 Å². The summed E-state index contributed by atoms with van der Waals surface area (Å²) in [5, 5.41) is 8.86. The molecule has 2 N–H and O–H groups in total. The van der Waals surface area contributed by atoms with Crippen molar-refractivity contribution in [1.82, 2.24) is 0 Å². The third-order valence-corrected chi connectivity index (χ3v) is 2.74. The van der Waals surface area contributed by atoms with Crippen LogP contribution in [0.3, 0.4) is 0 Å². The van der Waals surface area contributed by atoms with E-state index in [0.29, 0.717) is 0 Å². The molecule has 0 radical (unpaired) electrons. The molecule has 0 unspecified atom stereocenters. The minimum absolute atomic E-state index is 0.00472. The Bertz CT molecular complexity index is 351. The first-order chi connectivity index (χ1) is 6.33. The van der Waals surface area contributed by atoms with Crippen LogP contribution < -0.4 is 5.73 Å². The summed E-state index contributed by atoms with van der Waals surface area (Å²) in [5.74, 6) is -0.00472. The summed E-state index contributed by atoms with van der Waals surface area (Å²) >= 11 is 0. The summed E-state index contributed by atoms with van der Waals surface area (Å²) < 4.78 is 0. The Hall–Kier alpha value is -1.33. The molecule has 0 saturated heterocycles. The number of rotatable bonds is 0. The van der Waals surface area contributed by atoms with E-state index in [0.717, 1.165) is 18.4 Å². The maximum Gasteiger partial charge on any atom is 0.0675 e. The second kappa shape index (κ2) is 3.20. The Balaban J connectivity index is 2.40. The summed E-state index contributed by atoms with van der Waals surface area (Å²) in [5.41, 5.74) is 8.44. The lowest BCUT2D eigenvalue weighted by molar-refractivity contribution is 0.465. The molecule has 2 heteroatoms. The molecule has 0 heterocycles. The lowest BCUT2D eigenvalue weighted by atomic mass is 9.81. The van der Waals surface area contributed by atoms with E-state index in [9.17, 15) is 0 Å². The first-order valence-corrected chi connectivity index (χ1v) is 4.56. The summed E-state index contributed by atoms with van der Waals surface area (Å²) in [6.07, 6.45) is 1.89. The monoisotopic (exact) mass is 172 g/mol. The first-order valence-electron chi connectivity index (χ1n) is 4.56. The molecule has 2 atom stereocenters. The van der Waals surface area contributed by atoms with E-state index in [4.69, 9.17) is 11.0 Å². The van der Waals surface area contributed by atoms with E-state index in [1.807, 2.05) is 18.2 Å². The van der Waals surface area contributed by atoms with Crippen molar-refractivity contribution < 1.29 is 0 Å². The van der Waals surface area contributed by atoms with Crippen LogP contribution in [0.2, 0.25) is 0 Å². The molecule has 0 spiro atoms. The van der Waals surface area contributed by atoms with E-state index >= 15 is 0 Å². The Kier molecular flexibility index (Phi) is 2.03. The van der Waals surface area contributed by atoms with Crippen molar-refractivity contribution in [2.45, 2.75) is 18.9 Å². The molecule has 1 aromatic carbocycles. The van der Waals surface area contributed by atoms with E-state index in [-0.39, 0.29) is 12.0 Å². The van der Waals surface area contributed by atoms with E-state index < -0.39 is 0 Å². The maximum atomic E-state index is 8.86. The highest BCUT2D eigenvalue weighted by molar-refractivity contribution is 5.33. The SMILES string of the molecule is N#C[C@@H]1CCc2ccccc2[C@H]1N. The predicted molar refractivity (Wildman–Crippen MR) is 50.8 cm³/mol. The molecule has 1 aromatic rings. The second-order valence-corrected chi connectivity index (χ2v) is 3.50. The molecule has 0 aromatic heterocycles. The fourth-order valence-electron chi connectivity index (χ4n) is 1.94. The molecule has 1 aliphatic carbocycles. The zero-order valence-corrected chi connectivity index (χ0v) is 7.40. The molecule has 13 heavy (non-hydrogen) atoms. The summed E-state index contributed by atoms with van der Waals surface area (Å²) in [7, 11) is 0. The molecular weight excluding hydrogens is 160 g/mol. The van der Waals surface area contributed by atoms with Crippen molar-refractivity contribution in [2.75, 3.05) is 0 Å². The van der Waals surface area contributed by atoms with Crippen molar-refractivity contribution in [3.63, 3.8) is 0 Å². The Morgan fingerprint density at radius 1 is 1.38 bits per heavy atom. The summed E-state index contributed by atoms with van der Waals surface area (Å²) in [4.78, 5) is 0. The van der Waals surface area contributed by atoms with Crippen LogP contribution in [-0.2, 0) is 6.42 Å². The minimum Gasteiger partial charge on any atom is -0.323 e. The van der Waals surface area contributed by atoms with E-state index in [1.54, 1.807) is 0 Å². The van der Waals surface area contributed by atoms with Gasteiger partial charge in [0.15, 0.2) is 0 Å². The molecule has 1 aliphatic rings. The number of aryl methyl sites for hydroxylation is 1. The molecule has 2 rings (SSSR count). The number of hydrogen-bond acceptors (Lipinski definition) is 2. The number of fused-ring (bicyclic) bond motifs is 1. The van der Waals surface area contributed by atoms with Gasteiger partial charge >= 0.3 is 0 Å². The first kappa shape index (κ1) is 8.28. The lowest BCUT2D eigenvalue weighted by Gasteiger charge is -2.26. The van der Waals surface area contributed by atoms with Crippen molar-refractivity contribution in [3.8, 4) is 6.07 Å². The Morgan fingerprint density at radius 3 is 2.92 bits per heavy atom. The highest BCUT2D eigenvalue weighted by atomic mass is 14.7. The van der Waals surface area contributed by atoms with Gasteiger partial charge in [-0.2, -0.15) is 5.26 Å². The average Bonchev–Trinajstić information content (AvgIpc) is 2.19. The Labute approximate surface area is 78.0 Å². The number of nitrogens with zero attached hydrogens (tertiary/aromatic N) is 1. The van der Waals surface area contributed by atoms with E-state index in [1.165, 1.54) is 5.56 Å². The van der Waals surface area contributed by atoms with Crippen molar-refractivity contribution in [3.05, 3.63) is 35.4 Å². The van der Waals surface area contributed by atoms with Gasteiger partial charge in [0.25, 0.3) is 0 Å². The van der Waals surface area contributed by atoms with Crippen molar-refractivity contribution >= 4 is 0 Å². The third-order valence-electron chi connectivity index (χ3n) is 2.74. The molecule has 0 amide bonds. The highest BCUT2D eigenvalue weighted by Crippen LogP contribution is 2.31. The number of benzene rings is 1. The maximum absolute atomic E-state index is 8.86. The number of hydrogen-bond donors (Lipinski definition) is 1. The highest BCUT2D eigenvalue weighted by Gasteiger charge is 2.25. The van der Waals surface area contributed by atoms with Gasteiger partial charge in [-0.3, -0.25) is 0 Å². The summed E-state index contributed by atoms with van der Waals surface area (Å²) in [6, 6.07) is 10.3. The second-order valence-electron chi connectivity index (χ2n) is 3.50. The molecule has 2 nitrogen and oxygen atoms in total. The quantitative estimate of drug-likeness (QED) is 0.648. The lowest BCUT2D eigenvalue weighted by Crippen LogP contribution is -2.26. The van der Waals surface area contributed by atoms with Crippen LogP contribution in [0.5, 0.6) is 0 Å². The molecular formula is C11H12N2.